The predicted molar refractivity (Wildman–Crippen MR) is 97.6 cm³/mol. The molecule has 3 aromatic rings. The average molecular weight is 378 g/mol. The van der Waals surface area contributed by atoms with Crippen LogP contribution in [0, 0.1) is 0 Å². The largest absolute Gasteiger partial charge is 0.308 e. The summed E-state index contributed by atoms with van der Waals surface area (Å²) in [4.78, 5) is 12.5. The highest BCUT2D eigenvalue weighted by Crippen LogP contribution is 2.29. The first-order chi connectivity index (χ1) is 11.8. The number of rotatable bonds is 4. The standard InChI is InChI=1S/C17H16ClN3O3S/c1-21-14-5-3-4-13(18)16(14)17(20-21)19-15(22)10-11-6-8-12(9-7-11)25(2,23)24/h3-9H,10H2,1-2H3,(H,19,20,22). The van der Waals surface area contributed by atoms with Gasteiger partial charge in [-0.25, -0.2) is 8.42 Å². The van der Waals surface area contributed by atoms with Crippen molar-refractivity contribution in [2.75, 3.05) is 11.6 Å². The van der Waals surface area contributed by atoms with Crippen LogP contribution in [0.1, 0.15) is 5.56 Å². The number of carbonyl (C=O) groups is 1. The van der Waals surface area contributed by atoms with Crippen molar-refractivity contribution in [3.05, 3.63) is 53.1 Å². The summed E-state index contributed by atoms with van der Waals surface area (Å²) in [6.07, 6.45) is 1.25. The van der Waals surface area contributed by atoms with E-state index < -0.39 is 9.84 Å². The number of aryl methyl sites for hydroxylation is 1. The van der Waals surface area contributed by atoms with Crippen LogP contribution < -0.4 is 5.32 Å². The van der Waals surface area contributed by atoms with Crippen LogP contribution in [0.25, 0.3) is 10.9 Å². The number of fused-ring (bicyclic) bond motifs is 1. The van der Waals surface area contributed by atoms with E-state index in [0.717, 1.165) is 11.8 Å². The monoisotopic (exact) mass is 377 g/mol. The second kappa shape index (κ2) is 6.50. The van der Waals surface area contributed by atoms with Crippen molar-refractivity contribution in [1.82, 2.24) is 9.78 Å². The fraction of sp³-hybridized carbons (Fsp3) is 0.176. The molecule has 0 saturated heterocycles. The lowest BCUT2D eigenvalue weighted by atomic mass is 10.1. The van der Waals surface area contributed by atoms with Gasteiger partial charge in [0.05, 0.1) is 27.2 Å². The SMILES string of the molecule is Cn1nc(NC(=O)Cc2ccc(S(C)(=O)=O)cc2)c2c(Cl)cccc21. The molecular formula is C17H16ClN3O3S. The third-order valence-corrected chi connectivity index (χ3v) is 5.24. The molecule has 6 nitrogen and oxygen atoms in total. The first-order valence-corrected chi connectivity index (χ1v) is 9.73. The maximum Gasteiger partial charge on any atom is 0.230 e. The first kappa shape index (κ1) is 17.4. The normalized spacial score (nSPS) is 11.6. The summed E-state index contributed by atoms with van der Waals surface area (Å²) >= 11 is 6.22. The quantitative estimate of drug-likeness (QED) is 0.758. The summed E-state index contributed by atoms with van der Waals surface area (Å²) in [7, 11) is -1.47. The molecule has 1 aromatic heterocycles. The van der Waals surface area contributed by atoms with E-state index in [2.05, 4.69) is 10.4 Å². The zero-order chi connectivity index (χ0) is 18.2. The minimum atomic E-state index is -3.25. The van der Waals surface area contributed by atoms with Crippen LogP contribution in [0.5, 0.6) is 0 Å². The highest BCUT2D eigenvalue weighted by molar-refractivity contribution is 7.90. The minimum Gasteiger partial charge on any atom is -0.308 e. The van der Waals surface area contributed by atoms with E-state index in [9.17, 15) is 13.2 Å². The third-order valence-electron chi connectivity index (χ3n) is 3.80. The Morgan fingerprint density at radius 1 is 1.20 bits per heavy atom. The Bertz CT molecular complexity index is 1060. The number of amides is 1. The van der Waals surface area contributed by atoms with E-state index in [1.165, 1.54) is 12.1 Å². The van der Waals surface area contributed by atoms with Gasteiger partial charge in [-0.1, -0.05) is 29.8 Å². The molecular weight excluding hydrogens is 362 g/mol. The van der Waals surface area contributed by atoms with Crippen LogP contribution >= 0.6 is 11.6 Å². The molecule has 0 bridgehead atoms. The van der Waals surface area contributed by atoms with Crippen molar-refractivity contribution in [1.29, 1.82) is 0 Å². The Balaban J connectivity index is 1.80. The van der Waals surface area contributed by atoms with Gasteiger partial charge in [0.25, 0.3) is 0 Å². The van der Waals surface area contributed by atoms with Crippen LogP contribution in [0.15, 0.2) is 47.4 Å². The predicted octanol–water partition coefficient (Wildman–Crippen LogP) is 2.81. The number of halogens is 1. The van der Waals surface area contributed by atoms with Gasteiger partial charge in [-0.15, -0.1) is 0 Å². The fourth-order valence-electron chi connectivity index (χ4n) is 2.57. The molecule has 0 aliphatic carbocycles. The highest BCUT2D eigenvalue weighted by atomic mass is 35.5. The highest BCUT2D eigenvalue weighted by Gasteiger charge is 2.15. The minimum absolute atomic E-state index is 0.104. The molecule has 0 fully saturated rings. The number of benzene rings is 2. The number of sulfone groups is 1. The lowest BCUT2D eigenvalue weighted by molar-refractivity contribution is -0.115. The van der Waals surface area contributed by atoms with E-state index in [0.29, 0.717) is 21.8 Å². The Kier molecular flexibility index (Phi) is 4.53. The number of hydrogen-bond acceptors (Lipinski definition) is 4. The van der Waals surface area contributed by atoms with Gasteiger partial charge >= 0.3 is 0 Å². The van der Waals surface area contributed by atoms with Crippen molar-refractivity contribution in [3.8, 4) is 0 Å². The Labute approximate surface area is 150 Å². The number of aromatic nitrogens is 2. The van der Waals surface area contributed by atoms with E-state index in [1.54, 1.807) is 29.9 Å². The topological polar surface area (TPSA) is 81.1 Å². The molecule has 8 heteroatoms. The fourth-order valence-corrected chi connectivity index (χ4v) is 3.46. The Morgan fingerprint density at radius 2 is 1.88 bits per heavy atom. The molecule has 1 heterocycles. The van der Waals surface area contributed by atoms with Gasteiger partial charge in [0, 0.05) is 13.3 Å². The number of anilines is 1. The summed E-state index contributed by atoms with van der Waals surface area (Å²) in [5.74, 6) is 0.146. The molecule has 1 amide bonds. The van der Waals surface area contributed by atoms with E-state index in [4.69, 9.17) is 11.6 Å². The zero-order valence-electron chi connectivity index (χ0n) is 13.7. The van der Waals surface area contributed by atoms with Crippen molar-refractivity contribution < 1.29 is 13.2 Å². The molecule has 0 saturated carbocycles. The van der Waals surface area contributed by atoms with Crippen molar-refractivity contribution in [3.63, 3.8) is 0 Å². The van der Waals surface area contributed by atoms with Gasteiger partial charge in [-0.3, -0.25) is 9.48 Å². The van der Waals surface area contributed by atoms with Crippen LogP contribution in [0.2, 0.25) is 5.02 Å². The Morgan fingerprint density at radius 3 is 2.52 bits per heavy atom. The summed E-state index contributed by atoms with van der Waals surface area (Å²) in [6, 6.07) is 11.7. The van der Waals surface area contributed by atoms with Crippen LogP contribution in [0.4, 0.5) is 5.82 Å². The number of nitrogens with zero attached hydrogens (tertiary/aromatic N) is 2. The summed E-state index contributed by atoms with van der Waals surface area (Å²) in [5.41, 5.74) is 1.52. The summed E-state index contributed by atoms with van der Waals surface area (Å²) in [5, 5.41) is 8.27. The number of nitrogens with one attached hydrogen (secondary N) is 1. The molecule has 0 radical (unpaired) electrons. The van der Waals surface area contributed by atoms with E-state index in [1.807, 2.05) is 12.1 Å². The smallest absolute Gasteiger partial charge is 0.230 e. The van der Waals surface area contributed by atoms with E-state index in [-0.39, 0.29) is 17.2 Å². The van der Waals surface area contributed by atoms with Crippen LogP contribution in [-0.4, -0.2) is 30.4 Å². The van der Waals surface area contributed by atoms with Crippen molar-refractivity contribution in [2.45, 2.75) is 11.3 Å². The molecule has 0 unspecified atom stereocenters. The van der Waals surface area contributed by atoms with Gasteiger partial charge in [0.1, 0.15) is 0 Å². The molecule has 0 aliphatic rings. The van der Waals surface area contributed by atoms with Gasteiger partial charge in [0.2, 0.25) is 5.91 Å². The molecule has 1 N–H and O–H groups in total. The molecule has 25 heavy (non-hydrogen) atoms. The molecule has 0 atom stereocenters. The van der Waals surface area contributed by atoms with Crippen molar-refractivity contribution in [2.24, 2.45) is 7.05 Å². The van der Waals surface area contributed by atoms with E-state index >= 15 is 0 Å². The van der Waals surface area contributed by atoms with Crippen molar-refractivity contribution >= 4 is 44.1 Å². The zero-order valence-corrected chi connectivity index (χ0v) is 15.2. The second-order valence-corrected chi connectivity index (χ2v) is 8.17. The van der Waals surface area contributed by atoms with Gasteiger partial charge < -0.3 is 5.32 Å². The van der Waals surface area contributed by atoms with Crippen LogP contribution in [0.3, 0.4) is 0 Å². The lowest BCUT2D eigenvalue weighted by Gasteiger charge is -2.05. The maximum atomic E-state index is 12.3. The second-order valence-electron chi connectivity index (χ2n) is 5.75. The summed E-state index contributed by atoms with van der Waals surface area (Å²) in [6.45, 7) is 0. The first-order valence-electron chi connectivity index (χ1n) is 7.46. The molecule has 0 aliphatic heterocycles. The maximum absolute atomic E-state index is 12.3. The Hall–Kier alpha value is -2.38. The molecule has 130 valence electrons. The third kappa shape index (κ3) is 3.67. The van der Waals surface area contributed by atoms with Gasteiger partial charge in [-0.05, 0) is 29.8 Å². The average Bonchev–Trinajstić information content (AvgIpc) is 2.84. The van der Waals surface area contributed by atoms with Gasteiger partial charge in [0.15, 0.2) is 15.7 Å². The van der Waals surface area contributed by atoms with Gasteiger partial charge in [-0.2, -0.15) is 5.10 Å². The molecule has 3 rings (SSSR count). The van der Waals surface area contributed by atoms with Crippen LogP contribution in [-0.2, 0) is 28.1 Å². The molecule has 2 aromatic carbocycles. The number of carbonyl (C=O) groups excluding carboxylic acids is 1. The number of hydrogen-bond donors (Lipinski definition) is 1. The molecule has 0 spiro atoms. The lowest BCUT2D eigenvalue weighted by Crippen LogP contribution is -2.15. The summed E-state index contributed by atoms with van der Waals surface area (Å²) < 4.78 is 24.6.